The quantitative estimate of drug-likeness (QED) is 0.659. The summed E-state index contributed by atoms with van der Waals surface area (Å²) >= 11 is 0. The van der Waals surface area contributed by atoms with Crippen molar-refractivity contribution in [1.29, 1.82) is 0 Å². The lowest BCUT2D eigenvalue weighted by Crippen LogP contribution is -2.36. The van der Waals surface area contributed by atoms with Crippen molar-refractivity contribution >= 4 is 0 Å². The van der Waals surface area contributed by atoms with Crippen LogP contribution in [0, 0.1) is 5.82 Å². The van der Waals surface area contributed by atoms with Crippen LogP contribution in [-0.4, -0.2) is 34.5 Å². The van der Waals surface area contributed by atoms with Crippen LogP contribution in [-0.2, 0) is 6.42 Å². The van der Waals surface area contributed by atoms with Gasteiger partial charge in [-0.1, -0.05) is 42.5 Å². The van der Waals surface area contributed by atoms with Crippen LogP contribution in [0.1, 0.15) is 30.0 Å². The lowest BCUT2D eigenvalue weighted by atomic mass is 9.91. The van der Waals surface area contributed by atoms with Gasteiger partial charge in [-0.25, -0.2) is 4.39 Å². The first-order chi connectivity index (χ1) is 13.3. The molecule has 3 nitrogen and oxygen atoms in total. The molecule has 0 N–H and O–H groups in total. The van der Waals surface area contributed by atoms with Gasteiger partial charge in [-0.05, 0) is 43.5 Å². The van der Waals surface area contributed by atoms with Crippen molar-refractivity contribution in [2.24, 2.45) is 0 Å². The zero-order valence-electron chi connectivity index (χ0n) is 15.4. The Hall–Kier alpha value is -2.59. The van der Waals surface area contributed by atoms with E-state index in [4.69, 9.17) is 0 Å². The highest BCUT2D eigenvalue weighted by atomic mass is 19.1. The van der Waals surface area contributed by atoms with Gasteiger partial charge in [0.05, 0.1) is 11.4 Å². The summed E-state index contributed by atoms with van der Waals surface area (Å²) in [5.41, 5.74) is 3.98. The van der Waals surface area contributed by atoms with Crippen LogP contribution < -0.4 is 0 Å². The number of hydrogen-bond donors (Lipinski definition) is 0. The minimum Gasteiger partial charge on any atom is -0.302 e. The Morgan fingerprint density at radius 1 is 1.00 bits per heavy atom. The van der Waals surface area contributed by atoms with Crippen LogP contribution in [0.4, 0.5) is 4.39 Å². The standard InChI is InChI=1S/C23H24FN3/c24-21-10-4-8-19(16-21)22-23(26-13-12-25-22)20-9-5-14-27(17-20)15-11-18-6-2-1-3-7-18/h1-4,6-8,10,12-13,16,20H,5,9,11,14-15,17H2/t20-/m0/s1. The molecule has 0 saturated carbocycles. The van der Waals surface area contributed by atoms with Gasteiger partial charge in [0.25, 0.3) is 0 Å². The molecule has 4 rings (SSSR count). The summed E-state index contributed by atoms with van der Waals surface area (Å²) in [6.07, 6.45) is 6.76. The molecule has 4 heteroatoms. The molecule has 1 saturated heterocycles. The van der Waals surface area contributed by atoms with Crippen LogP contribution in [0.25, 0.3) is 11.3 Å². The molecule has 1 fully saturated rings. The van der Waals surface area contributed by atoms with E-state index in [0.29, 0.717) is 5.92 Å². The average molecular weight is 361 g/mol. The molecule has 3 aromatic rings. The number of likely N-dealkylation sites (tertiary alicyclic amines) is 1. The van der Waals surface area contributed by atoms with Crippen molar-refractivity contribution in [3.05, 3.63) is 84.1 Å². The number of halogens is 1. The number of hydrogen-bond acceptors (Lipinski definition) is 3. The molecule has 138 valence electrons. The second kappa shape index (κ2) is 8.40. The molecule has 0 spiro atoms. The highest BCUT2D eigenvalue weighted by Crippen LogP contribution is 2.32. The minimum absolute atomic E-state index is 0.239. The van der Waals surface area contributed by atoms with Gasteiger partial charge in [0, 0.05) is 37.0 Å². The van der Waals surface area contributed by atoms with Gasteiger partial charge in [0.2, 0.25) is 0 Å². The maximum Gasteiger partial charge on any atom is 0.123 e. The fourth-order valence-corrected chi connectivity index (χ4v) is 3.92. The molecule has 0 amide bonds. The molecule has 1 atom stereocenters. The molecule has 1 aliphatic heterocycles. The van der Waals surface area contributed by atoms with E-state index in [-0.39, 0.29) is 5.82 Å². The van der Waals surface area contributed by atoms with E-state index in [9.17, 15) is 4.39 Å². The van der Waals surface area contributed by atoms with Gasteiger partial charge in [-0.15, -0.1) is 0 Å². The van der Waals surface area contributed by atoms with Gasteiger partial charge in [0.15, 0.2) is 0 Å². The lowest BCUT2D eigenvalue weighted by molar-refractivity contribution is 0.208. The fraction of sp³-hybridized carbons (Fsp3) is 0.304. The molecule has 0 radical (unpaired) electrons. The summed E-state index contributed by atoms with van der Waals surface area (Å²) in [4.78, 5) is 11.7. The molecule has 1 aliphatic rings. The first-order valence-electron chi connectivity index (χ1n) is 9.63. The third kappa shape index (κ3) is 4.40. The predicted octanol–water partition coefficient (Wildman–Crippen LogP) is 4.70. The van der Waals surface area contributed by atoms with Gasteiger partial charge in [-0.2, -0.15) is 0 Å². The number of rotatable bonds is 5. The van der Waals surface area contributed by atoms with Crippen molar-refractivity contribution in [1.82, 2.24) is 14.9 Å². The minimum atomic E-state index is -0.239. The SMILES string of the molecule is Fc1cccc(-c2nccnc2[C@H]2CCCN(CCc3ccccc3)C2)c1. The number of aromatic nitrogens is 2. The Morgan fingerprint density at radius 3 is 2.70 bits per heavy atom. The summed E-state index contributed by atoms with van der Waals surface area (Å²) in [6, 6.07) is 17.3. The van der Waals surface area contributed by atoms with E-state index in [1.54, 1.807) is 24.5 Å². The zero-order chi connectivity index (χ0) is 18.5. The normalized spacial score (nSPS) is 17.7. The maximum atomic E-state index is 13.7. The smallest absolute Gasteiger partial charge is 0.123 e. The van der Waals surface area contributed by atoms with E-state index in [0.717, 1.165) is 55.8 Å². The number of benzene rings is 2. The average Bonchev–Trinajstić information content (AvgIpc) is 2.73. The number of piperidine rings is 1. The zero-order valence-corrected chi connectivity index (χ0v) is 15.4. The monoisotopic (exact) mass is 361 g/mol. The van der Waals surface area contributed by atoms with Crippen molar-refractivity contribution in [3.8, 4) is 11.3 Å². The fourth-order valence-electron chi connectivity index (χ4n) is 3.92. The molecule has 0 unspecified atom stereocenters. The Labute approximate surface area is 159 Å². The summed E-state index contributed by atoms with van der Waals surface area (Å²) in [6.45, 7) is 3.16. The van der Waals surface area contributed by atoms with Crippen LogP contribution in [0.3, 0.4) is 0 Å². The third-order valence-corrected chi connectivity index (χ3v) is 5.28. The van der Waals surface area contributed by atoms with Crippen LogP contribution >= 0.6 is 0 Å². The summed E-state index contributed by atoms with van der Waals surface area (Å²) < 4.78 is 13.7. The predicted molar refractivity (Wildman–Crippen MR) is 106 cm³/mol. The largest absolute Gasteiger partial charge is 0.302 e. The Bertz CT molecular complexity index is 882. The number of nitrogens with zero attached hydrogens (tertiary/aromatic N) is 3. The van der Waals surface area contributed by atoms with Crippen molar-refractivity contribution in [2.75, 3.05) is 19.6 Å². The topological polar surface area (TPSA) is 29.0 Å². The van der Waals surface area contributed by atoms with Gasteiger partial charge in [0.1, 0.15) is 5.82 Å². The summed E-state index contributed by atoms with van der Waals surface area (Å²) in [5, 5.41) is 0. The first-order valence-corrected chi connectivity index (χ1v) is 9.63. The van der Waals surface area contributed by atoms with Crippen molar-refractivity contribution < 1.29 is 4.39 Å². The second-order valence-electron chi connectivity index (χ2n) is 7.18. The Balaban J connectivity index is 1.50. The van der Waals surface area contributed by atoms with E-state index < -0.39 is 0 Å². The molecular weight excluding hydrogens is 337 g/mol. The Morgan fingerprint density at radius 2 is 1.85 bits per heavy atom. The van der Waals surface area contributed by atoms with E-state index >= 15 is 0 Å². The highest BCUT2D eigenvalue weighted by molar-refractivity contribution is 5.62. The summed E-state index contributed by atoms with van der Waals surface area (Å²) in [5.74, 6) is 0.0960. The molecule has 2 heterocycles. The lowest BCUT2D eigenvalue weighted by Gasteiger charge is -2.33. The van der Waals surface area contributed by atoms with E-state index in [2.05, 4.69) is 45.2 Å². The van der Waals surface area contributed by atoms with Crippen molar-refractivity contribution in [3.63, 3.8) is 0 Å². The molecule has 0 aliphatic carbocycles. The molecule has 27 heavy (non-hydrogen) atoms. The van der Waals surface area contributed by atoms with Gasteiger partial charge >= 0.3 is 0 Å². The van der Waals surface area contributed by atoms with Gasteiger partial charge in [-0.3, -0.25) is 9.97 Å². The van der Waals surface area contributed by atoms with Crippen LogP contribution in [0.15, 0.2) is 67.0 Å². The molecular formula is C23H24FN3. The van der Waals surface area contributed by atoms with Crippen molar-refractivity contribution in [2.45, 2.75) is 25.2 Å². The molecule has 2 aromatic carbocycles. The van der Waals surface area contributed by atoms with E-state index in [1.165, 1.54) is 11.6 Å². The first kappa shape index (κ1) is 17.8. The maximum absolute atomic E-state index is 13.7. The summed E-state index contributed by atoms with van der Waals surface area (Å²) in [7, 11) is 0. The highest BCUT2D eigenvalue weighted by Gasteiger charge is 2.25. The van der Waals surface area contributed by atoms with E-state index in [1.807, 2.05) is 6.07 Å². The van der Waals surface area contributed by atoms with Crippen LogP contribution in [0.5, 0.6) is 0 Å². The molecule has 0 bridgehead atoms. The Kier molecular flexibility index (Phi) is 5.54. The van der Waals surface area contributed by atoms with Gasteiger partial charge < -0.3 is 4.90 Å². The third-order valence-electron chi connectivity index (χ3n) is 5.28. The van der Waals surface area contributed by atoms with Crippen LogP contribution in [0.2, 0.25) is 0 Å². The second-order valence-corrected chi connectivity index (χ2v) is 7.18. The molecule has 1 aromatic heterocycles.